The van der Waals surface area contributed by atoms with Crippen LogP contribution in [0.25, 0.3) is 0 Å². The monoisotopic (exact) mass is 438 g/mol. The van der Waals surface area contributed by atoms with Gasteiger partial charge in [0.2, 0.25) is 10.0 Å². The van der Waals surface area contributed by atoms with Crippen LogP contribution in [0.3, 0.4) is 0 Å². The van der Waals surface area contributed by atoms with Crippen molar-refractivity contribution < 1.29 is 22.1 Å². The smallest absolute Gasteiger partial charge is 0.317 e. The van der Waals surface area contributed by atoms with E-state index < -0.39 is 21.9 Å². The number of urea groups is 1. The van der Waals surface area contributed by atoms with Gasteiger partial charge in [0.15, 0.2) is 0 Å². The number of aryl methyl sites for hydroxylation is 2. The van der Waals surface area contributed by atoms with Crippen LogP contribution in [0, 0.1) is 19.7 Å². The number of piperidine rings is 1. The average Bonchev–Trinajstić information content (AvgIpc) is 3.00. The molecule has 0 aliphatic carbocycles. The number of hydrogen-bond acceptors (Lipinski definition) is 5. The number of nitrogens with zero attached hydrogens (tertiary/aromatic N) is 2. The standard InChI is InChI=1S/C20H27FN4O4S/c1-13(10-19-14(2)23-29-15(19)3)22-20(26)25-9-5-7-17(12-25)24-30(27,28)18-8-4-6-16(21)11-18/h4,6,8,11,13,17,24H,5,7,9-10,12H2,1-3H3,(H,22,26). The van der Waals surface area contributed by atoms with E-state index in [1.54, 1.807) is 4.90 Å². The zero-order valence-electron chi connectivity index (χ0n) is 17.3. The molecule has 1 aliphatic rings. The molecule has 164 valence electrons. The molecule has 1 aliphatic heterocycles. The second-order valence-corrected chi connectivity index (χ2v) is 9.44. The lowest BCUT2D eigenvalue weighted by atomic mass is 10.1. The first-order chi connectivity index (χ1) is 14.2. The van der Waals surface area contributed by atoms with Crippen molar-refractivity contribution in [3.05, 3.63) is 47.1 Å². The number of carbonyl (C=O) groups excluding carboxylic acids is 1. The molecule has 2 aromatic rings. The Balaban J connectivity index is 1.58. The molecule has 8 nitrogen and oxygen atoms in total. The second-order valence-electron chi connectivity index (χ2n) is 7.72. The van der Waals surface area contributed by atoms with Gasteiger partial charge in [-0.05, 0) is 58.2 Å². The molecule has 1 aromatic heterocycles. The number of likely N-dealkylation sites (tertiary alicyclic amines) is 1. The van der Waals surface area contributed by atoms with Gasteiger partial charge in [-0.3, -0.25) is 0 Å². The molecule has 3 rings (SSSR count). The van der Waals surface area contributed by atoms with Gasteiger partial charge in [0.1, 0.15) is 11.6 Å². The Hall–Kier alpha value is -2.46. The van der Waals surface area contributed by atoms with Crippen LogP contribution in [0.15, 0.2) is 33.7 Å². The molecule has 10 heteroatoms. The highest BCUT2D eigenvalue weighted by molar-refractivity contribution is 7.89. The Morgan fingerprint density at radius 3 is 2.83 bits per heavy atom. The minimum absolute atomic E-state index is 0.128. The number of benzene rings is 1. The molecule has 1 aromatic carbocycles. The van der Waals surface area contributed by atoms with Gasteiger partial charge in [-0.2, -0.15) is 0 Å². The van der Waals surface area contributed by atoms with Crippen LogP contribution < -0.4 is 10.0 Å². The van der Waals surface area contributed by atoms with E-state index in [-0.39, 0.29) is 23.5 Å². The van der Waals surface area contributed by atoms with Crippen molar-refractivity contribution in [2.45, 2.75) is 57.0 Å². The number of amides is 2. The van der Waals surface area contributed by atoms with Crippen molar-refractivity contribution in [1.29, 1.82) is 0 Å². The molecule has 2 amide bonds. The van der Waals surface area contributed by atoms with E-state index in [1.165, 1.54) is 18.2 Å². The van der Waals surface area contributed by atoms with Gasteiger partial charge in [-0.1, -0.05) is 11.2 Å². The zero-order valence-corrected chi connectivity index (χ0v) is 18.1. The Morgan fingerprint density at radius 1 is 1.40 bits per heavy atom. The molecule has 2 unspecified atom stereocenters. The number of sulfonamides is 1. The lowest BCUT2D eigenvalue weighted by Crippen LogP contribution is -2.53. The fourth-order valence-corrected chi connectivity index (χ4v) is 4.92. The molecule has 1 saturated heterocycles. The number of hydrogen-bond donors (Lipinski definition) is 2. The van der Waals surface area contributed by atoms with Crippen LogP contribution >= 0.6 is 0 Å². The maximum atomic E-state index is 13.4. The summed E-state index contributed by atoms with van der Waals surface area (Å²) < 4.78 is 46.2. The van der Waals surface area contributed by atoms with Gasteiger partial charge in [-0.15, -0.1) is 0 Å². The highest BCUT2D eigenvalue weighted by Gasteiger charge is 2.28. The summed E-state index contributed by atoms with van der Waals surface area (Å²) in [5.41, 5.74) is 1.78. The molecule has 30 heavy (non-hydrogen) atoms. The number of carbonyl (C=O) groups is 1. The largest absolute Gasteiger partial charge is 0.361 e. The van der Waals surface area contributed by atoms with E-state index in [1.807, 2.05) is 20.8 Å². The van der Waals surface area contributed by atoms with E-state index in [9.17, 15) is 17.6 Å². The maximum absolute atomic E-state index is 13.4. The fraction of sp³-hybridized carbons (Fsp3) is 0.500. The summed E-state index contributed by atoms with van der Waals surface area (Å²) >= 11 is 0. The summed E-state index contributed by atoms with van der Waals surface area (Å²) in [5, 5.41) is 6.88. The van der Waals surface area contributed by atoms with Crippen LogP contribution in [-0.2, 0) is 16.4 Å². The van der Waals surface area contributed by atoms with Crippen molar-refractivity contribution in [1.82, 2.24) is 20.1 Å². The first-order valence-electron chi connectivity index (χ1n) is 9.91. The third kappa shape index (κ3) is 5.37. The highest BCUT2D eigenvalue weighted by Crippen LogP contribution is 2.17. The van der Waals surface area contributed by atoms with Gasteiger partial charge in [-0.25, -0.2) is 22.3 Å². The summed E-state index contributed by atoms with van der Waals surface area (Å²) in [6, 6.07) is 4.04. The average molecular weight is 439 g/mol. The predicted octanol–water partition coefficient (Wildman–Crippen LogP) is 2.51. The summed E-state index contributed by atoms with van der Waals surface area (Å²) in [6.07, 6.45) is 1.87. The minimum atomic E-state index is -3.86. The van der Waals surface area contributed by atoms with Crippen molar-refractivity contribution in [2.24, 2.45) is 0 Å². The second kappa shape index (κ2) is 9.13. The molecule has 0 saturated carbocycles. The van der Waals surface area contributed by atoms with E-state index in [0.717, 1.165) is 23.1 Å². The van der Waals surface area contributed by atoms with Crippen molar-refractivity contribution in [2.75, 3.05) is 13.1 Å². The quantitative estimate of drug-likeness (QED) is 0.721. The maximum Gasteiger partial charge on any atom is 0.317 e. The molecule has 1 fully saturated rings. The summed E-state index contributed by atoms with van der Waals surface area (Å²) in [4.78, 5) is 14.2. The van der Waals surface area contributed by atoms with Crippen molar-refractivity contribution in [3.63, 3.8) is 0 Å². The normalized spacial score (nSPS) is 18.3. The molecule has 0 bridgehead atoms. The molecule has 2 N–H and O–H groups in total. The number of nitrogens with one attached hydrogen (secondary N) is 2. The summed E-state index contributed by atoms with van der Waals surface area (Å²) in [6.45, 7) is 6.39. The molecular weight excluding hydrogens is 411 g/mol. The Labute approximate surface area is 175 Å². The summed E-state index contributed by atoms with van der Waals surface area (Å²) in [5.74, 6) is 0.119. The fourth-order valence-electron chi connectivity index (χ4n) is 3.63. The third-order valence-electron chi connectivity index (χ3n) is 5.20. The van der Waals surface area contributed by atoms with Crippen molar-refractivity contribution >= 4 is 16.1 Å². The van der Waals surface area contributed by atoms with Crippen LogP contribution in [-0.4, -0.2) is 49.7 Å². The van der Waals surface area contributed by atoms with E-state index in [0.29, 0.717) is 25.8 Å². The molecule has 2 heterocycles. The van der Waals surface area contributed by atoms with E-state index in [2.05, 4.69) is 15.2 Å². The first kappa shape index (κ1) is 22.2. The Kier molecular flexibility index (Phi) is 6.77. The van der Waals surface area contributed by atoms with Gasteiger partial charge in [0, 0.05) is 30.7 Å². The number of rotatable bonds is 6. The first-order valence-corrected chi connectivity index (χ1v) is 11.4. The molecule has 0 radical (unpaired) electrons. The Morgan fingerprint density at radius 2 is 2.17 bits per heavy atom. The zero-order chi connectivity index (χ0) is 21.9. The molecule has 0 spiro atoms. The SMILES string of the molecule is Cc1noc(C)c1CC(C)NC(=O)N1CCCC(NS(=O)(=O)c2cccc(F)c2)C1. The van der Waals surface area contributed by atoms with Crippen LogP contribution in [0.2, 0.25) is 0 Å². The van der Waals surface area contributed by atoms with Crippen LogP contribution in [0.5, 0.6) is 0 Å². The minimum Gasteiger partial charge on any atom is -0.361 e. The predicted molar refractivity (Wildman–Crippen MR) is 109 cm³/mol. The van der Waals surface area contributed by atoms with Crippen LogP contribution in [0.4, 0.5) is 9.18 Å². The van der Waals surface area contributed by atoms with E-state index >= 15 is 0 Å². The topological polar surface area (TPSA) is 105 Å². The van der Waals surface area contributed by atoms with Crippen molar-refractivity contribution in [3.8, 4) is 0 Å². The highest BCUT2D eigenvalue weighted by atomic mass is 32.2. The van der Waals surface area contributed by atoms with Gasteiger partial charge >= 0.3 is 6.03 Å². The molecular formula is C20H27FN4O4S. The lowest BCUT2D eigenvalue weighted by molar-refractivity contribution is 0.174. The Bertz CT molecular complexity index is 988. The van der Waals surface area contributed by atoms with E-state index in [4.69, 9.17) is 4.52 Å². The van der Waals surface area contributed by atoms with Crippen LogP contribution in [0.1, 0.15) is 36.8 Å². The number of aromatic nitrogens is 1. The summed E-state index contributed by atoms with van der Waals surface area (Å²) in [7, 11) is -3.86. The van der Waals surface area contributed by atoms with Gasteiger partial charge in [0.25, 0.3) is 0 Å². The third-order valence-corrected chi connectivity index (χ3v) is 6.72. The van der Waals surface area contributed by atoms with Gasteiger partial charge in [0.05, 0.1) is 10.6 Å². The number of halogens is 1. The van der Waals surface area contributed by atoms with Gasteiger partial charge < -0.3 is 14.7 Å². The molecule has 2 atom stereocenters. The lowest BCUT2D eigenvalue weighted by Gasteiger charge is -2.33.